The number of rotatable bonds is 4. The van der Waals surface area contributed by atoms with Crippen molar-refractivity contribution in [2.75, 3.05) is 5.32 Å². The van der Waals surface area contributed by atoms with Crippen molar-refractivity contribution in [2.45, 2.75) is 6.54 Å². The van der Waals surface area contributed by atoms with Gasteiger partial charge in [-0.3, -0.25) is 14.3 Å². The lowest BCUT2D eigenvalue weighted by Gasteiger charge is -2.03. The molecule has 0 unspecified atom stereocenters. The van der Waals surface area contributed by atoms with Gasteiger partial charge in [-0.25, -0.2) is 4.52 Å². The van der Waals surface area contributed by atoms with Gasteiger partial charge in [0.25, 0.3) is 11.5 Å². The summed E-state index contributed by atoms with van der Waals surface area (Å²) in [7, 11) is 0. The topological polar surface area (TPSA) is 97.1 Å². The van der Waals surface area contributed by atoms with Crippen LogP contribution in [0.15, 0.2) is 78.0 Å². The summed E-state index contributed by atoms with van der Waals surface area (Å²) in [5.74, 6) is -0.370. The number of hydrogen-bond acceptors (Lipinski definition) is 4. The Bertz CT molecular complexity index is 1400. The number of carbonyl (C=O) groups excluding carboxylic acids is 1. The lowest BCUT2D eigenvalue weighted by atomic mass is 10.2. The number of benzene rings is 2. The molecule has 29 heavy (non-hydrogen) atoms. The molecule has 142 valence electrons. The molecule has 2 N–H and O–H groups in total. The van der Waals surface area contributed by atoms with Gasteiger partial charge in [-0.15, -0.1) is 0 Å². The number of para-hydroxylation sites is 1. The highest BCUT2D eigenvalue weighted by molar-refractivity contribution is 6.08. The Morgan fingerprint density at radius 3 is 2.66 bits per heavy atom. The van der Waals surface area contributed by atoms with Crippen molar-refractivity contribution >= 4 is 28.1 Å². The molecular weight excluding hydrogens is 368 g/mol. The Balaban J connectivity index is 1.43. The molecule has 3 heterocycles. The second-order valence-electron chi connectivity index (χ2n) is 6.66. The third-order valence-corrected chi connectivity index (χ3v) is 4.70. The molecule has 8 nitrogen and oxygen atoms in total. The summed E-state index contributed by atoms with van der Waals surface area (Å²) >= 11 is 0. The van der Waals surface area contributed by atoms with Crippen LogP contribution in [0.1, 0.15) is 15.9 Å². The largest absolute Gasteiger partial charge is 0.319 e. The van der Waals surface area contributed by atoms with E-state index in [-0.39, 0.29) is 17.0 Å². The maximum absolute atomic E-state index is 12.8. The van der Waals surface area contributed by atoms with Gasteiger partial charge in [0, 0.05) is 6.20 Å². The first-order chi connectivity index (χ1) is 14.2. The summed E-state index contributed by atoms with van der Waals surface area (Å²) in [5.41, 5.74) is 2.68. The van der Waals surface area contributed by atoms with E-state index >= 15 is 0 Å². The van der Waals surface area contributed by atoms with Crippen molar-refractivity contribution in [2.24, 2.45) is 0 Å². The van der Waals surface area contributed by atoms with Crippen molar-refractivity contribution in [3.05, 3.63) is 94.7 Å². The fraction of sp³-hybridized carbons (Fsp3) is 0.0476. The minimum atomic E-state index is -0.370. The number of nitrogens with one attached hydrogen (secondary N) is 2. The number of anilines is 1. The van der Waals surface area contributed by atoms with E-state index in [2.05, 4.69) is 20.5 Å². The van der Waals surface area contributed by atoms with Crippen molar-refractivity contribution in [3.8, 4) is 0 Å². The van der Waals surface area contributed by atoms with Gasteiger partial charge in [-0.1, -0.05) is 42.5 Å². The summed E-state index contributed by atoms with van der Waals surface area (Å²) in [4.78, 5) is 27.9. The standard InChI is InChI=1S/C21H16N6O2/c28-20-16-8-4-5-9-18(16)27-19(25-20)17(11-23-27)21(29)24-15-10-22-26(13-15)12-14-6-2-1-3-7-14/h1-11,13H,12H2,(H,24,29)(H,25,28). The number of fused-ring (bicyclic) bond motifs is 3. The van der Waals surface area contributed by atoms with Crippen LogP contribution in [-0.2, 0) is 6.54 Å². The maximum Gasteiger partial charge on any atom is 0.261 e. The highest BCUT2D eigenvalue weighted by Crippen LogP contribution is 2.16. The van der Waals surface area contributed by atoms with Crippen LogP contribution in [0.5, 0.6) is 0 Å². The van der Waals surface area contributed by atoms with Gasteiger partial charge in [-0.05, 0) is 17.7 Å². The SMILES string of the molecule is O=C(Nc1cnn(Cc2ccccc2)c1)c1cnn2c1[nH]c(=O)c1ccccc12. The molecule has 8 heteroatoms. The molecule has 5 aromatic rings. The van der Waals surface area contributed by atoms with E-state index in [4.69, 9.17) is 0 Å². The van der Waals surface area contributed by atoms with Crippen LogP contribution >= 0.6 is 0 Å². The fourth-order valence-corrected chi connectivity index (χ4v) is 3.33. The zero-order valence-corrected chi connectivity index (χ0v) is 15.2. The van der Waals surface area contributed by atoms with Gasteiger partial charge >= 0.3 is 0 Å². The second-order valence-corrected chi connectivity index (χ2v) is 6.66. The number of hydrogen-bond donors (Lipinski definition) is 2. The highest BCUT2D eigenvalue weighted by atomic mass is 16.2. The molecule has 3 aromatic heterocycles. The zero-order chi connectivity index (χ0) is 19.8. The first-order valence-electron chi connectivity index (χ1n) is 9.05. The van der Waals surface area contributed by atoms with E-state index in [1.807, 2.05) is 36.4 Å². The summed E-state index contributed by atoms with van der Waals surface area (Å²) in [6.07, 6.45) is 4.79. The van der Waals surface area contributed by atoms with Crippen LogP contribution in [0.2, 0.25) is 0 Å². The summed E-state index contributed by atoms with van der Waals surface area (Å²) in [5, 5.41) is 11.9. The quantitative estimate of drug-likeness (QED) is 0.498. The van der Waals surface area contributed by atoms with Crippen molar-refractivity contribution < 1.29 is 4.79 Å². The van der Waals surface area contributed by atoms with Gasteiger partial charge in [0.15, 0.2) is 0 Å². The van der Waals surface area contributed by atoms with Crippen LogP contribution in [0.3, 0.4) is 0 Å². The minimum absolute atomic E-state index is 0.265. The lowest BCUT2D eigenvalue weighted by molar-refractivity contribution is 0.102. The first-order valence-corrected chi connectivity index (χ1v) is 9.05. The molecule has 0 aliphatic rings. The molecule has 2 aromatic carbocycles. The van der Waals surface area contributed by atoms with Crippen LogP contribution < -0.4 is 10.9 Å². The summed E-state index contributed by atoms with van der Waals surface area (Å²) < 4.78 is 3.31. The van der Waals surface area contributed by atoms with Crippen LogP contribution in [0, 0.1) is 0 Å². The van der Waals surface area contributed by atoms with E-state index < -0.39 is 0 Å². The predicted molar refractivity (Wildman–Crippen MR) is 109 cm³/mol. The molecule has 0 saturated heterocycles. The first kappa shape index (κ1) is 16.9. The Kier molecular flexibility index (Phi) is 3.94. The van der Waals surface area contributed by atoms with Gasteiger partial charge < -0.3 is 10.3 Å². The fourth-order valence-electron chi connectivity index (χ4n) is 3.33. The lowest BCUT2D eigenvalue weighted by Crippen LogP contribution is -2.15. The average molecular weight is 384 g/mol. The van der Waals surface area contributed by atoms with Gasteiger partial charge in [-0.2, -0.15) is 10.2 Å². The smallest absolute Gasteiger partial charge is 0.261 e. The molecule has 0 aliphatic carbocycles. The van der Waals surface area contributed by atoms with Crippen molar-refractivity contribution in [1.82, 2.24) is 24.4 Å². The summed E-state index contributed by atoms with van der Waals surface area (Å²) in [6.45, 7) is 0.604. The Morgan fingerprint density at radius 2 is 1.79 bits per heavy atom. The van der Waals surface area contributed by atoms with Crippen molar-refractivity contribution in [3.63, 3.8) is 0 Å². The molecule has 5 rings (SSSR count). The molecular formula is C21H16N6O2. The number of aromatic amines is 1. The number of carbonyl (C=O) groups is 1. The molecule has 0 spiro atoms. The number of H-pyrrole nitrogens is 1. The van der Waals surface area contributed by atoms with Crippen LogP contribution in [0.25, 0.3) is 16.6 Å². The molecule has 0 bridgehead atoms. The van der Waals surface area contributed by atoms with E-state index in [0.717, 1.165) is 5.56 Å². The van der Waals surface area contributed by atoms with E-state index in [1.165, 1.54) is 6.20 Å². The highest BCUT2D eigenvalue weighted by Gasteiger charge is 2.17. The third kappa shape index (κ3) is 3.06. The number of amides is 1. The molecule has 1 amide bonds. The van der Waals surface area contributed by atoms with Gasteiger partial charge in [0.05, 0.1) is 35.5 Å². The number of nitrogens with zero attached hydrogens (tertiary/aromatic N) is 4. The predicted octanol–water partition coefficient (Wildman–Crippen LogP) is 2.67. The molecule has 0 fully saturated rings. The number of aromatic nitrogens is 5. The average Bonchev–Trinajstić information content (AvgIpc) is 3.36. The second kappa shape index (κ2) is 6.75. The van der Waals surface area contributed by atoms with Crippen molar-refractivity contribution in [1.29, 1.82) is 0 Å². The third-order valence-electron chi connectivity index (χ3n) is 4.70. The maximum atomic E-state index is 12.8. The molecule has 0 radical (unpaired) electrons. The van der Waals surface area contributed by atoms with Gasteiger partial charge in [0.1, 0.15) is 11.2 Å². The van der Waals surface area contributed by atoms with E-state index in [9.17, 15) is 9.59 Å². The summed E-state index contributed by atoms with van der Waals surface area (Å²) in [6, 6.07) is 17.0. The van der Waals surface area contributed by atoms with E-state index in [0.29, 0.717) is 28.8 Å². The monoisotopic (exact) mass is 384 g/mol. The minimum Gasteiger partial charge on any atom is -0.319 e. The van der Waals surface area contributed by atoms with Crippen LogP contribution in [-0.4, -0.2) is 30.3 Å². The normalized spacial score (nSPS) is 11.2. The van der Waals surface area contributed by atoms with Gasteiger partial charge in [0.2, 0.25) is 0 Å². The zero-order valence-electron chi connectivity index (χ0n) is 15.2. The molecule has 0 aliphatic heterocycles. The Hall–Kier alpha value is -4.20. The molecule has 0 saturated carbocycles. The molecule has 0 atom stereocenters. The Labute approximate surface area is 164 Å². The van der Waals surface area contributed by atoms with E-state index in [1.54, 1.807) is 39.8 Å². The Morgan fingerprint density at radius 1 is 1.00 bits per heavy atom. The van der Waals surface area contributed by atoms with Crippen LogP contribution in [0.4, 0.5) is 5.69 Å².